The summed E-state index contributed by atoms with van der Waals surface area (Å²) in [6.45, 7) is 4.27. The number of hydrogen-bond donors (Lipinski definition) is 1. The monoisotopic (exact) mass is 662 g/mol. The van der Waals surface area contributed by atoms with Crippen LogP contribution >= 0.6 is 7.82 Å². The molecule has 0 spiro atoms. The first-order chi connectivity index (χ1) is 21.5. The molecule has 0 amide bonds. The molecular weight excluding hydrogens is 593 g/mol. The van der Waals surface area contributed by atoms with Gasteiger partial charge in [0, 0.05) is 12.8 Å². The number of allylic oxidation sites excluding steroid dienone is 2. The topological polar surface area (TPSA) is 108 Å². The number of rotatable bonds is 32. The summed E-state index contributed by atoms with van der Waals surface area (Å²) in [5.74, 6) is -0.822. The Morgan fingerprint density at radius 1 is 0.667 bits per heavy atom. The molecule has 2 unspecified atom stereocenters. The van der Waals surface area contributed by atoms with E-state index in [1.165, 1.54) is 64.2 Å². The third-order valence-electron chi connectivity index (χ3n) is 7.55. The zero-order valence-corrected chi connectivity index (χ0v) is 30.5. The number of nitrogens with zero attached hydrogens (tertiary/aromatic N) is 1. The Morgan fingerprint density at radius 2 is 1.13 bits per heavy atom. The summed E-state index contributed by atoms with van der Waals surface area (Å²) in [4.78, 5) is 34.7. The number of phosphoric acid groups is 1. The molecule has 0 heterocycles. The fourth-order valence-corrected chi connectivity index (χ4v) is 5.39. The molecule has 0 fully saturated rings. The summed E-state index contributed by atoms with van der Waals surface area (Å²) in [5.41, 5.74) is 0. The van der Waals surface area contributed by atoms with Crippen LogP contribution in [0, 0.1) is 0 Å². The molecule has 0 aromatic carbocycles. The second-order valence-electron chi connectivity index (χ2n) is 13.3. The van der Waals surface area contributed by atoms with Crippen LogP contribution in [0.2, 0.25) is 0 Å². The molecule has 0 aliphatic heterocycles. The van der Waals surface area contributed by atoms with Crippen molar-refractivity contribution in [2.24, 2.45) is 0 Å². The van der Waals surface area contributed by atoms with E-state index in [0.717, 1.165) is 51.4 Å². The van der Waals surface area contributed by atoms with E-state index in [1.807, 2.05) is 21.1 Å². The van der Waals surface area contributed by atoms with Gasteiger partial charge in [-0.1, -0.05) is 109 Å². The van der Waals surface area contributed by atoms with Crippen LogP contribution in [-0.4, -0.2) is 74.9 Å². The van der Waals surface area contributed by atoms with Crippen molar-refractivity contribution in [2.45, 2.75) is 155 Å². The summed E-state index contributed by atoms with van der Waals surface area (Å²) in [7, 11) is 1.47. The van der Waals surface area contributed by atoms with Gasteiger partial charge in [0.15, 0.2) is 6.10 Å². The minimum atomic E-state index is -4.35. The Bertz CT molecular complexity index is 799. The molecule has 45 heavy (non-hydrogen) atoms. The largest absolute Gasteiger partial charge is 0.472 e. The van der Waals surface area contributed by atoms with Crippen molar-refractivity contribution in [3.8, 4) is 0 Å². The van der Waals surface area contributed by atoms with Crippen LogP contribution in [0.15, 0.2) is 12.2 Å². The number of unbranched alkanes of at least 4 members (excludes halogenated alkanes) is 16. The van der Waals surface area contributed by atoms with Gasteiger partial charge in [-0.2, -0.15) is 0 Å². The van der Waals surface area contributed by atoms with Crippen molar-refractivity contribution in [2.75, 3.05) is 47.5 Å². The molecule has 0 saturated carbocycles. The molecule has 0 bridgehead atoms. The molecule has 0 saturated heterocycles. The molecule has 0 rings (SSSR count). The van der Waals surface area contributed by atoms with E-state index in [-0.39, 0.29) is 32.0 Å². The zero-order valence-electron chi connectivity index (χ0n) is 29.6. The highest BCUT2D eigenvalue weighted by atomic mass is 31.2. The Kier molecular flexibility index (Phi) is 28.1. The van der Waals surface area contributed by atoms with Gasteiger partial charge >= 0.3 is 19.8 Å². The smallest absolute Gasteiger partial charge is 0.462 e. The van der Waals surface area contributed by atoms with Gasteiger partial charge in [-0.05, 0) is 38.5 Å². The van der Waals surface area contributed by atoms with Crippen LogP contribution in [0.4, 0.5) is 0 Å². The van der Waals surface area contributed by atoms with Gasteiger partial charge < -0.3 is 18.9 Å². The van der Waals surface area contributed by atoms with Gasteiger partial charge in [-0.25, -0.2) is 4.57 Å². The van der Waals surface area contributed by atoms with E-state index >= 15 is 0 Å². The minimum Gasteiger partial charge on any atom is -0.462 e. The highest BCUT2D eigenvalue weighted by Gasteiger charge is 2.27. The molecule has 0 aromatic heterocycles. The van der Waals surface area contributed by atoms with Crippen LogP contribution in [0.25, 0.3) is 0 Å². The standard InChI is InChI=1S/C35H68NO8P/c1-6-8-10-12-13-14-15-16-17-18-19-20-21-22-23-24-26-28-35(38)44-33(31-41-34(37)27-25-11-9-7-2)32-43-45(39,40)42-30-29-36(3,4)5/h16-17,33H,6-15,18-32H2,1-5H3/p+1/b17-16-. The van der Waals surface area contributed by atoms with Crippen molar-refractivity contribution < 1.29 is 42.1 Å². The van der Waals surface area contributed by atoms with Crippen LogP contribution in [0.3, 0.4) is 0 Å². The number of hydrogen-bond acceptors (Lipinski definition) is 7. The van der Waals surface area contributed by atoms with E-state index in [1.54, 1.807) is 0 Å². The van der Waals surface area contributed by atoms with Crippen molar-refractivity contribution in [3.63, 3.8) is 0 Å². The van der Waals surface area contributed by atoms with Gasteiger partial charge in [-0.3, -0.25) is 18.6 Å². The van der Waals surface area contributed by atoms with E-state index in [9.17, 15) is 19.0 Å². The Labute approximate surface area is 276 Å². The third-order valence-corrected chi connectivity index (χ3v) is 8.53. The van der Waals surface area contributed by atoms with Gasteiger partial charge in [0.2, 0.25) is 0 Å². The maximum atomic E-state index is 12.5. The number of esters is 2. The van der Waals surface area contributed by atoms with Crippen molar-refractivity contribution in [1.29, 1.82) is 0 Å². The van der Waals surface area contributed by atoms with E-state index in [4.69, 9.17) is 18.5 Å². The third kappa shape index (κ3) is 32.5. The summed E-state index contributed by atoms with van der Waals surface area (Å²) in [5, 5.41) is 0. The number of quaternary nitrogens is 1. The van der Waals surface area contributed by atoms with Crippen molar-refractivity contribution in [3.05, 3.63) is 12.2 Å². The zero-order chi connectivity index (χ0) is 33.7. The maximum absolute atomic E-state index is 12.5. The van der Waals surface area contributed by atoms with Crippen LogP contribution in [0.5, 0.6) is 0 Å². The molecule has 9 nitrogen and oxygen atoms in total. The molecule has 0 aromatic rings. The Morgan fingerprint density at radius 3 is 1.67 bits per heavy atom. The summed E-state index contributed by atoms with van der Waals surface area (Å²) >= 11 is 0. The minimum absolute atomic E-state index is 0.0326. The first-order valence-corrected chi connectivity index (χ1v) is 19.4. The molecule has 1 N–H and O–H groups in total. The molecule has 0 aliphatic rings. The number of carbonyl (C=O) groups is 2. The lowest BCUT2D eigenvalue weighted by atomic mass is 10.1. The molecule has 266 valence electrons. The quantitative estimate of drug-likeness (QED) is 0.0250. The maximum Gasteiger partial charge on any atom is 0.472 e. The molecule has 10 heteroatoms. The second-order valence-corrected chi connectivity index (χ2v) is 14.7. The van der Waals surface area contributed by atoms with Crippen molar-refractivity contribution >= 4 is 19.8 Å². The number of carbonyl (C=O) groups excluding carboxylic acids is 2. The van der Waals surface area contributed by atoms with Gasteiger partial charge in [-0.15, -0.1) is 0 Å². The average Bonchev–Trinajstić information content (AvgIpc) is 2.97. The predicted octanol–water partition coefficient (Wildman–Crippen LogP) is 9.07. The number of phosphoric ester groups is 1. The molecular formula is C35H69NO8P+. The number of likely N-dealkylation sites (N-methyl/N-ethyl adjacent to an activating group) is 1. The second kappa shape index (κ2) is 28.9. The van der Waals surface area contributed by atoms with E-state index in [2.05, 4.69) is 26.0 Å². The van der Waals surface area contributed by atoms with E-state index in [0.29, 0.717) is 17.4 Å². The Balaban J connectivity index is 4.27. The van der Waals surface area contributed by atoms with Gasteiger partial charge in [0.1, 0.15) is 19.8 Å². The highest BCUT2D eigenvalue weighted by molar-refractivity contribution is 7.47. The molecule has 2 atom stereocenters. The van der Waals surface area contributed by atoms with Gasteiger partial charge in [0.05, 0.1) is 27.7 Å². The highest BCUT2D eigenvalue weighted by Crippen LogP contribution is 2.43. The first-order valence-electron chi connectivity index (χ1n) is 17.9. The van der Waals surface area contributed by atoms with E-state index < -0.39 is 26.5 Å². The normalized spacial score (nSPS) is 14.0. The molecule has 0 radical (unpaired) electrons. The lowest BCUT2D eigenvalue weighted by molar-refractivity contribution is -0.870. The first kappa shape index (κ1) is 43.8. The summed E-state index contributed by atoms with van der Waals surface area (Å²) in [6, 6.07) is 0. The van der Waals surface area contributed by atoms with Crippen LogP contribution in [-0.2, 0) is 32.7 Å². The van der Waals surface area contributed by atoms with Gasteiger partial charge in [0.25, 0.3) is 0 Å². The summed E-state index contributed by atoms with van der Waals surface area (Å²) < 4.78 is 33.8. The van der Waals surface area contributed by atoms with Crippen molar-refractivity contribution in [1.82, 2.24) is 0 Å². The summed E-state index contributed by atoms with van der Waals surface area (Å²) in [6.07, 6.45) is 26.0. The Hall–Kier alpha value is -1.25. The molecule has 0 aliphatic carbocycles. The SMILES string of the molecule is CCCCCCCC/C=C\CCCCCCCCCC(=O)OC(COC(=O)CCCCCC)COP(=O)(O)OCC[N+](C)(C)C. The number of ether oxygens (including phenoxy) is 2. The fourth-order valence-electron chi connectivity index (χ4n) is 4.65. The fraction of sp³-hybridized carbons (Fsp3) is 0.886. The average molecular weight is 663 g/mol. The lowest BCUT2D eigenvalue weighted by Gasteiger charge is -2.24. The van der Waals surface area contributed by atoms with Crippen LogP contribution in [0.1, 0.15) is 149 Å². The lowest BCUT2D eigenvalue weighted by Crippen LogP contribution is -2.37. The predicted molar refractivity (Wildman–Crippen MR) is 183 cm³/mol. The van der Waals surface area contributed by atoms with Crippen LogP contribution < -0.4 is 0 Å².